The lowest BCUT2D eigenvalue weighted by atomic mass is 10.4. The maximum Gasteiger partial charge on any atom is 0.191 e. The molecule has 0 spiro atoms. The first kappa shape index (κ1) is 14.1. The van der Waals surface area contributed by atoms with Crippen LogP contribution in [0.25, 0.3) is 5.65 Å². The third-order valence-electron chi connectivity index (χ3n) is 3.36. The molecule has 2 N–H and O–H groups in total. The van der Waals surface area contributed by atoms with Crippen LogP contribution in [0.15, 0.2) is 41.8 Å². The van der Waals surface area contributed by atoms with Crippen molar-refractivity contribution in [3.05, 3.63) is 48.4 Å². The Labute approximate surface area is 127 Å². The van der Waals surface area contributed by atoms with Gasteiger partial charge in [0.1, 0.15) is 5.82 Å². The second-order valence-electron chi connectivity index (χ2n) is 4.78. The molecule has 0 unspecified atom stereocenters. The summed E-state index contributed by atoms with van der Waals surface area (Å²) in [6.45, 7) is 1.13. The number of imidazole rings is 1. The van der Waals surface area contributed by atoms with E-state index >= 15 is 0 Å². The minimum absolute atomic E-state index is 0.533. The fraction of sp³-hybridized carbons (Fsp3) is 0.286. The fourth-order valence-corrected chi connectivity index (χ4v) is 2.12. The number of aromatic nitrogens is 5. The number of nitrogens with one attached hydrogen (secondary N) is 2. The summed E-state index contributed by atoms with van der Waals surface area (Å²) in [4.78, 5) is 8.46. The van der Waals surface area contributed by atoms with Gasteiger partial charge in [-0.15, -0.1) is 10.2 Å². The molecule has 0 aliphatic heterocycles. The highest BCUT2D eigenvalue weighted by atomic mass is 15.3. The molecule has 22 heavy (non-hydrogen) atoms. The quantitative estimate of drug-likeness (QED) is 0.535. The highest BCUT2D eigenvalue weighted by molar-refractivity contribution is 5.79. The van der Waals surface area contributed by atoms with E-state index in [0.29, 0.717) is 19.0 Å². The van der Waals surface area contributed by atoms with Crippen LogP contribution in [0.1, 0.15) is 11.6 Å². The van der Waals surface area contributed by atoms with Crippen molar-refractivity contribution >= 4 is 11.6 Å². The van der Waals surface area contributed by atoms with Crippen molar-refractivity contribution in [3.63, 3.8) is 0 Å². The number of rotatable bonds is 4. The summed E-state index contributed by atoms with van der Waals surface area (Å²) in [6, 6.07) is 5.81. The zero-order chi connectivity index (χ0) is 15.4. The van der Waals surface area contributed by atoms with Gasteiger partial charge >= 0.3 is 0 Å². The zero-order valence-electron chi connectivity index (χ0n) is 12.6. The number of aryl methyl sites for hydroxylation is 1. The average molecular weight is 298 g/mol. The highest BCUT2D eigenvalue weighted by Gasteiger charge is 2.06. The summed E-state index contributed by atoms with van der Waals surface area (Å²) in [5.41, 5.74) is 0.829. The normalized spacial score (nSPS) is 11.8. The van der Waals surface area contributed by atoms with Crippen LogP contribution in [0.4, 0.5) is 0 Å². The molecule has 0 saturated heterocycles. The SMILES string of the molecule is CN=C(NCc1nccn1C)NCc1nnc2ccccn12. The van der Waals surface area contributed by atoms with Crippen LogP contribution in [-0.4, -0.2) is 37.2 Å². The minimum Gasteiger partial charge on any atom is -0.349 e. The third-order valence-corrected chi connectivity index (χ3v) is 3.36. The predicted molar refractivity (Wildman–Crippen MR) is 83.2 cm³/mol. The van der Waals surface area contributed by atoms with Crippen LogP contribution in [0, 0.1) is 0 Å². The number of pyridine rings is 1. The van der Waals surface area contributed by atoms with Gasteiger partial charge in [0.2, 0.25) is 0 Å². The third kappa shape index (κ3) is 2.90. The second kappa shape index (κ2) is 6.25. The first-order chi connectivity index (χ1) is 10.8. The molecule has 0 fully saturated rings. The molecule has 0 aromatic carbocycles. The number of guanidine groups is 1. The summed E-state index contributed by atoms with van der Waals surface area (Å²) >= 11 is 0. The Balaban J connectivity index is 1.60. The summed E-state index contributed by atoms with van der Waals surface area (Å²) in [7, 11) is 3.69. The van der Waals surface area contributed by atoms with Gasteiger partial charge in [0.05, 0.1) is 13.1 Å². The van der Waals surface area contributed by atoms with E-state index < -0.39 is 0 Å². The fourth-order valence-electron chi connectivity index (χ4n) is 2.12. The first-order valence-corrected chi connectivity index (χ1v) is 6.97. The number of hydrogen-bond acceptors (Lipinski definition) is 4. The minimum atomic E-state index is 0.533. The van der Waals surface area contributed by atoms with Gasteiger partial charge in [-0.25, -0.2) is 4.98 Å². The molecule has 0 saturated carbocycles. The summed E-state index contributed by atoms with van der Waals surface area (Å²) in [6.07, 6.45) is 5.63. The van der Waals surface area contributed by atoms with Crippen molar-refractivity contribution in [2.45, 2.75) is 13.1 Å². The molecule has 3 aromatic rings. The van der Waals surface area contributed by atoms with Crippen LogP contribution in [0.3, 0.4) is 0 Å². The van der Waals surface area contributed by atoms with Crippen molar-refractivity contribution in [3.8, 4) is 0 Å². The van der Waals surface area contributed by atoms with Crippen molar-refractivity contribution < 1.29 is 0 Å². The number of nitrogens with zero attached hydrogens (tertiary/aromatic N) is 6. The topological polar surface area (TPSA) is 84.4 Å². The highest BCUT2D eigenvalue weighted by Crippen LogP contribution is 2.02. The van der Waals surface area contributed by atoms with Crippen molar-refractivity contribution in [2.24, 2.45) is 12.0 Å². The van der Waals surface area contributed by atoms with Crippen molar-refractivity contribution in [1.29, 1.82) is 0 Å². The molecule has 0 atom stereocenters. The van der Waals surface area contributed by atoms with E-state index in [0.717, 1.165) is 17.3 Å². The predicted octanol–water partition coefficient (Wildman–Crippen LogP) is 0.328. The molecular weight excluding hydrogens is 280 g/mol. The van der Waals surface area contributed by atoms with E-state index in [4.69, 9.17) is 0 Å². The summed E-state index contributed by atoms with van der Waals surface area (Å²) in [5.74, 6) is 2.46. The molecule has 8 heteroatoms. The van der Waals surface area contributed by atoms with Gasteiger partial charge in [-0.05, 0) is 12.1 Å². The summed E-state index contributed by atoms with van der Waals surface area (Å²) in [5, 5.41) is 14.7. The van der Waals surface area contributed by atoms with Crippen LogP contribution in [0.5, 0.6) is 0 Å². The van der Waals surface area contributed by atoms with Crippen molar-refractivity contribution in [1.82, 2.24) is 34.8 Å². The maximum atomic E-state index is 4.26. The molecule has 3 aromatic heterocycles. The van der Waals surface area contributed by atoms with E-state index in [1.807, 2.05) is 46.6 Å². The molecule has 8 nitrogen and oxygen atoms in total. The maximum absolute atomic E-state index is 4.26. The Hall–Kier alpha value is -2.90. The Morgan fingerprint density at radius 3 is 2.68 bits per heavy atom. The molecule has 3 rings (SSSR count). The monoisotopic (exact) mass is 298 g/mol. The molecule has 114 valence electrons. The molecule has 0 amide bonds. The van der Waals surface area contributed by atoms with Gasteiger partial charge in [-0.2, -0.15) is 0 Å². The van der Waals surface area contributed by atoms with Crippen LogP contribution < -0.4 is 10.6 Å². The number of hydrogen-bond donors (Lipinski definition) is 2. The van der Waals surface area contributed by atoms with Crippen molar-refractivity contribution in [2.75, 3.05) is 7.05 Å². The van der Waals surface area contributed by atoms with Gasteiger partial charge in [-0.1, -0.05) is 6.07 Å². The first-order valence-electron chi connectivity index (χ1n) is 6.97. The molecular formula is C14H18N8. The zero-order valence-corrected chi connectivity index (χ0v) is 12.6. The molecule has 0 aliphatic rings. The van der Waals surface area contributed by atoms with Gasteiger partial charge in [0.15, 0.2) is 17.4 Å². The van der Waals surface area contributed by atoms with Gasteiger partial charge in [-0.3, -0.25) is 9.39 Å². The van der Waals surface area contributed by atoms with E-state index in [1.165, 1.54) is 0 Å². The molecule has 0 bridgehead atoms. The van der Waals surface area contributed by atoms with Crippen LogP contribution in [0.2, 0.25) is 0 Å². The smallest absolute Gasteiger partial charge is 0.191 e. The Morgan fingerprint density at radius 2 is 1.95 bits per heavy atom. The standard InChI is InChI=1S/C14H18N8/c1-15-14(17-9-12-16-6-8-21(12)2)18-10-13-20-19-11-5-3-4-7-22(11)13/h3-8H,9-10H2,1-2H3,(H2,15,17,18). The van der Waals surface area contributed by atoms with E-state index in [-0.39, 0.29) is 0 Å². The number of aliphatic imine (C=N–C) groups is 1. The van der Waals surface area contributed by atoms with Crippen LogP contribution >= 0.6 is 0 Å². The lowest BCUT2D eigenvalue weighted by molar-refractivity contribution is 0.716. The molecule has 0 radical (unpaired) electrons. The van der Waals surface area contributed by atoms with E-state index in [2.05, 4.69) is 30.8 Å². The number of fused-ring (bicyclic) bond motifs is 1. The van der Waals surface area contributed by atoms with Gasteiger partial charge in [0.25, 0.3) is 0 Å². The second-order valence-corrected chi connectivity index (χ2v) is 4.78. The lowest BCUT2D eigenvalue weighted by Gasteiger charge is -2.11. The Bertz CT molecular complexity index is 785. The lowest BCUT2D eigenvalue weighted by Crippen LogP contribution is -2.37. The Kier molecular flexibility index (Phi) is 3.99. The van der Waals surface area contributed by atoms with E-state index in [1.54, 1.807) is 13.2 Å². The van der Waals surface area contributed by atoms with Gasteiger partial charge in [0, 0.05) is 32.7 Å². The summed E-state index contributed by atoms with van der Waals surface area (Å²) < 4.78 is 3.91. The van der Waals surface area contributed by atoms with E-state index in [9.17, 15) is 0 Å². The van der Waals surface area contributed by atoms with Gasteiger partial charge < -0.3 is 15.2 Å². The van der Waals surface area contributed by atoms with Crippen LogP contribution in [-0.2, 0) is 20.1 Å². The largest absolute Gasteiger partial charge is 0.349 e. The molecule has 0 aliphatic carbocycles. The average Bonchev–Trinajstić information content (AvgIpc) is 3.14. The Morgan fingerprint density at radius 1 is 1.14 bits per heavy atom. The molecule has 3 heterocycles.